The second-order valence-electron chi connectivity index (χ2n) is 6.56. The lowest BCUT2D eigenvalue weighted by Crippen LogP contribution is -1.93. The van der Waals surface area contributed by atoms with E-state index in [9.17, 15) is 0 Å². The third kappa shape index (κ3) is 2.87. The Morgan fingerprint density at radius 1 is 1.07 bits per heavy atom. The number of nitrogens with two attached hydrogens (primary N) is 1. The predicted octanol–water partition coefficient (Wildman–Crippen LogP) is 6.40. The van der Waals surface area contributed by atoms with Crippen LogP contribution in [0.15, 0.2) is 60.8 Å². The van der Waals surface area contributed by atoms with E-state index in [1.807, 2.05) is 61.5 Å². The zero-order chi connectivity index (χ0) is 19.8. The summed E-state index contributed by atoms with van der Waals surface area (Å²) in [7, 11) is 1.65. The van der Waals surface area contributed by atoms with Crippen LogP contribution in [0.2, 0.25) is 5.02 Å². The SMILES string of the molecule is [C-]#[N+]c1cc2c(-c3cccc(N)c3C)cn(-c3ccc(OC)cc3)c2cc1Cl. The minimum absolute atomic E-state index is 0.435. The Morgan fingerprint density at radius 2 is 1.82 bits per heavy atom. The van der Waals surface area contributed by atoms with Gasteiger partial charge in [0.1, 0.15) is 5.75 Å². The van der Waals surface area contributed by atoms with Crippen LogP contribution in [-0.4, -0.2) is 11.7 Å². The van der Waals surface area contributed by atoms with Crippen molar-refractivity contribution in [3.63, 3.8) is 0 Å². The van der Waals surface area contributed by atoms with Crippen LogP contribution in [0.3, 0.4) is 0 Å². The molecule has 4 aromatic rings. The van der Waals surface area contributed by atoms with Gasteiger partial charge in [0.25, 0.3) is 0 Å². The highest BCUT2D eigenvalue weighted by atomic mass is 35.5. The van der Waals surface area contributed by atoms with Gasteiger partial charge in [-0.3, -0.25) is 0 Å². The average Bonchev–Trinajstić information content (AvgIpc) is 3.07. The van der Waals surface area contributed by atoms with Crippen molar-refractivity contribution in [1.29, 1.82) is 0 Å². The first-order chi connectivity index (χ1) is 13.5. The van der Waals surface area contributed by atoms with Gasteiger partial charge in [0.05, 0.1) is 19.2 Å². The van der Waals surface area contributed by atoms with E-state index in [-0.39, 0.29) is 0 Å². The minimum Gasteiger partial charge on any atom is -0.497 e. The molecule has 4 nitrogen and oxygen atoms in total. The lowest BCUT2D eigenvalue weighted by atomic mass is 9.98. The quantitative estimate of drug-likeness (QED) is 0.326. The molecule has 0 saturated carbocycles. The number of nitrogen functional groups attached to an aromatic ring is 1. The van der Waals surface area contributed by atoms with E-state index in [0.717, 1.165) is 44.7 Å². The van der Waals surface area contributed by atoms with Crippen molar-refractivity contribution in [1.82, 2.24) is 4.57 Å². The summed E-state index contributed by atoms with van der Waals surface area (Å²) in [5, 5.41) is 1.39. The number of rotatable bonds is 3. The van der Waals surface area contributed by atoms with Gasteiger partial charge in [-0.25, -0.2) is 4.85 Å². The molecule has 0 fully saturated rings. The normalized spacial score (nSPS) is 10.8. The fraction of sp³-hybridized carbons (Fsp3) is 0.0870. The predicted molar refractivity (Wildman–Crippen MR) is 116 cm³/mol. The number of aromatic nitrogens is 1. The maximum absolute atomic E-state index is 7.43. The van der Waals surface area contributed by atoms with Crippen molar-refractivity contribution in [2.75, 3.05) is 12.8 Å². The maximum Gasteiger partial charge on any atom is 0.206 e. The molecule has 0 spiro atoms. The van der Waals surface area contributed by atoms with E-state index in [1.165, 1.54) is 0 Å². The van der Waals surface area contributed by atoms with Crippen molar-refractivity contribution in [3.8, 4) is 22.6 Å². The second-order valence-corrected chi connectivity index (χ2v) is 6.97. The number of nitrogens with zero attached hydrogens (tertiary/aromatic N) is 2. The van der Waals surface area contributed by atoms with Crippen molar-refractivity contribution in [2.24, 2.45) is 0 Å². The number of anilines is 1. The molecule has 1 heterocycles. The van der Waals surface area contributed by atoms with E-state index >= 15 is 0 Å². The van der Waals surface area contributed by atoms with E-state index < -0.39 is 0 Å². The fourth-order valence-electron chi connectivity index (χ4n) is 3.44. The lowest BCUT2D eigenvalue weighted by Gasteiger charge is -2.07. The van der Waals surface area contributed by atoms with Gasteiger partial charge >= 0.3 is 0 Å². The Bertz CT molecular complexity index is 1230. The smallest absolute Gasteiger partial charge is 0.206 e. The molecule has 0 saturated heterocycles. The average molecular weight is 388 g/mol. The molecule has 0 amide bonds. The van der Waals surface area contributed by atoms with E-state index in [2.05, 4.69) is 15.6 Å². The van der Waals surface area contributed by atoms with E-state index in [4.69, 9.17) is 28.6 Å². The number of methoxy groups -OCH3 is 1. The van der Waals surface area contributed by atoms with Crippen molar-refractivity contribution < 1.29 is 4.74 Å². The Labute approximate surface area is 168 Å². The summed E-state index contributed by atoms with van der Waals surface area (Å²) in [6, 6.07) is 17.4. The Balaban J connectivity index is 2.05. The summed E-state index contributed by atoms with van der Waals surface area (Å²) < 4.78 is 7.34. The van der Waals surface area contributed by atoms with Gasteiger partial charge in [0.2, 0.25) is 5.69 Å². The zero-order valence-electron chi connectivity index (χ0n) is 15.5. The molecule has 138 valence electrons. The first-order valence-electron chi connectivity index (χ1n) is 8.75. The molecule has 5 heteroatoms. The first-order valence-corrected chi connectivity index (χ1v) is 9.13. The van der Waals surface area contributed by atoms with E-state index in [1.54, 1.807) is 7.11 Å². The van der Waals surface area contributed by atoms with Crippen molar-refractivity contribution in [2.45, 2.75) is 6.92 Å². The van der Waals surface area contributed by atoms with Gasteiger partial charge in [-0.05, 0) is 65.9 Å². The molecule has 0 bridgehead atoms. The summed E-state index contributed by atoms with van der Waals surface area (Å²) in [4.78, 5) is 3.57. The minimum atomic E-state index is 0.435. The van der Waals surface area contributed by atoms with Gasteiger partial charge in [-0.2, -0.15) is 0 Å². The van der Waals surface area contributed by atoms with Gasteiger partial charge in [-0.15, -0.1) is 0 Å². The highest BCUT2D eigenvalue weighted by molar-refractivity contribution is 6.34. The number of ether oxygens (including phenoxy) is 1. The molecule has 0 aliphatic rings. The van der Waals surface area contributed by atoms with Crippen LogP contribution in [-0.2, 0) is 0 Å². The van der Waals surface area contributed by atoms with Crippen molar-refractivity contribution >= 4 is 33.9 Å². The Kier molecular flexibility index (Phi) is 4.46. The maximum atomic E-state index is 7.43. The standard InChI is InChI=1S/C23H18ClN3O/c1-14-17(5-4-6-21(14)25)19-13-27(15-7-9-16(28-3)10-8-15)23-12-20(24)22(26-2)11-18(19)23/h4-13H,25H2,1,3H3. The molecule has 2 N–H and O–H groups in total. The summed E-state index contributed by atoms with van der Waals surface area (Å²) in [6.07, 6.45) is 2.07. The third-order valence-electron chi connectivity index (χ3n) is 5.01. The number of benzene rings is 3. The van der Waals surface area contributed by atoms with Gasteiger partial charge in [0, 0.05) is 28.2 Å². The Hall–Kier alpha value is -3.42. The lowest BCUT2D eigenvalue weighted by molar-refractivity contribution is 0.415. The van der Waals surface area contributed by atoms with E-state index in [0.29, 0.717) is 10.7 Å². The number of hydrogen-bond acceptors (Lipinski definition) is 2. The highest BCUT2D eigenvalue weighted by Crippen LogP contribution is 2.40. The summed E-state index contributed by atoms with van der Waals surface area (Å²) in [5.41, 5.74) is 12.3. The van der Waals surface area contributed by atoms with Crippen LogP contribution in [0.1, 0.15) is 5.56 Å². The van der Waals surface area contributed by atoms with Crippen molar-refractivity contribution in [3.05, 3.63) is 82.8 Å². The fourth-order valence-corrected chi connectivity index (χ4v) is 3.64. The Morgan fingerprint density at radius 3 is 2.50 bits per heavy atom. The molecule has 0 aliphatic heterocycles. The molecule has 0 unspecified atom stereocenters. The number of fused-ring (bicyclic) bond motifs is 1. The summed E-state index contributed by atoms with van der Waals surface area (Å²) in [6.45, 7) is 9.43. The van der Waals surface area contributed by atoms with Crippen LogP contribution < -0.4 is 10.5 Å². The molecule has 0 atom stereocenters. The van der Waals surface area contributed by atoms with Crippen LogP contribution in [0.5, 0.6) is 5.75 Å². The molecule has 0 aliphatic carbocycles. The van der Waals surface area contributed by atoms with Crippen LogP contribution in [0.4, 0.5) is 11.4 Å². The molecular formula is C23H18ClN3O. The topological polar surface area (TPSA) is 44.5 Å². The molecular weight excluding hydrogens is 370 g/mol. The zero-order valence-corrected chi connectivity index (χ0v) is 16.3. The van der Waals surface area contributed by atoms with Gasteiger partial charge < -0.3 is 15.0 Å². The second kappa shape index (κ2) is 6.95. The number of halogens is 1. The monoisotopic (exact) mass is 387 g/mol. The summed E-state index contributed by atoms with van der Waals surface area (Å²) >= 11 is 6.36. The van der Waals surface area contributed by atoms with Crippen LogP contribution >= 0.6 is 11.6 Å². The van der Waals surface area contributed by atoms with Crippen LogP contribution in [0.25, 0.3) is 32.6 Å². The molecule has 0 radical (unpaired) electrons. The largest absolute Gasteiger partial charge is 0.497 e. The molecule has 4 rings (SSSR count). The first kappa shape index (κ1) is 18.0. The number of hydrogen-bond donors (Lipinski definition) is 1. The molecule has 28 heavy (non-hydrogen) atoms. The third-order valence-corrected chi connectivity index (χ3v) is 5.31. The van der Waals surface area contributed by atoms with Crippen LogP contribution in [0, 0.1) is 13.5 Å². The van der Waals surface area contributed by atoms with Gasteiger partial charge in [-0.1, -0.05) is 23.7 Å². The molecule has 1 aromatic heterocycles. The summed E-state index contributed by atoms with van der Waals surface area (Å²) in [5.74, 6) is 0.792. The molecule has 3 aromatic carbocycles. The highest BCUT2D eigenvalue weighted by Gasteiger charge is 2.16. The van der Waals surface area contributed by atoms with Gasteiger partial charge in [0.15, 0.2) is 0 Å².